The Morgan fingerprint density at radius 3 is 2.53 bits per heavy atom. The highest BCUT2D eigenvalue weighted by Gasteiger charge is 2.30. The molecule has 1 unspecified atom stereocenters. The van der Waals surface area contributed by atoms with Crippen molar-refractivity contribution in [3.05, 3.63) is 0 Å². The van der Waals surface area contributed by atoms with Crippen LogP contribution in [0.5, 0.6) is 0 Å². The van der Waals surface area contributed by atoms with E-state index in [1.807, 2.05) is 0 Å². The van der Waals surface area contributed by atoms with Gasteiger partial charge in [0.2, 0.25) is 0 Å². The molecular weight excluding hydrogens is 184 g/mol. The van der Waals surface area contributed by atoms with Gasteiger partial charge in [0.1, 0.15) is 0 Å². The molecule has 2 fully saturated rings. The number of nitrogens with zero attached hydrogens (tertiary/aromatic N) is 1. The molecule has 1 saturated heterocycles. The Balaban J connectivity index is 1.83. The van der Waals surface area contributed by atoms with Crippen molar-refractivity contribution in [2.24, 2.45) is 11.8 Å². The summed E-state index contributed by atoms with van der Waals surface area (Å²) in [4.78, 5) is 2.58. The molecule has 0 bridgehead atoms. The topological polar surface area (TPSA) is 15.3 Å². The predicted molar refractivity (Wildman–Crippen MR) is 65.0 cm³/mol. The van der Waals surface area contributed by atoms with E-state index >= 15 is 0 Å². The van der Waals surface area contributed by atoms with E-state index in [2.05, 4.69) is 24.2 Å². The van der Waals surface area contributed by atoms with Crippen molar-refractivity contribution in [2.75, 3.05) is 26.7 Å². The van der Waals surface area contributed by atoms with Gasteiger partial charge in [-0.2, -0.15) is 0 Å². The highest BCUT2D eigenvalue weighted by atomic mass is 15.2. The van der Waals surface area contributed by atoms with Crippen LogP contribution in [0.1, 0.15) is 39.0 Å². The summed E-state index contributed by atoms with van der Waals surface area (Å²) in [6, 6.07) is 0.816. The molecule has 1 aliphatic heterocycles. The van der Waals surface area contributed by atoms with Crippen LogP contribution in [0.2, 0.25) is 0 Å². The predicted octanol–water partition coefficient (Wildman–Crippen LogP) is 2.11. The zero-order chi connectivity index (χ0) is 10.7. The first-order valence-electron chi connectivity index (χ1n) is 6.72. The second-order valence-electron chi connectivity index (χ2n) is 5.44. The van der Waals surface area contributed by atoms with E-state index in [4.69, 9.17) is 0 Å². The summed E-state index contributed by atoms with van der Waals surface area (Å²) in [5, 5.41) is 3.55. The van der Waals surface area contributed by atoms with E-state index in [1.165, 1.54) is 51.7 Å². The van der Waals surface area contributed by atoms with Crippen molar-refractivity contribution in [2.45, 2.75) is 45.1 Å². The summed E-state index contributed by atoms with van der Waals surface area (Å²) in [5.74, 6) is 1.99. The molecule has 1 aliphatic carbocycles. The Bertz CT molecular complexity index is 185. The molecule has 0 amide bonds. The summed E-state index contributed by atoms with van der Waals surface area (Å²) in [6.45, 7) is 5.98. The van der Waals surface area contributed by atoms with Gasteiger partial charge in [-0.15, -0.1) is 0 Å². The van der Waals surface area contributed by atoms with Crippen LogP contribution in [0.4, 0.5) is 0 Å². The standard InChI is InChI=1S/C13H26N2/c1-3-11-4-6-12(7-5-11)13-10-14-8-9-15(13)2/h11-14H,3-10H2,1-2H3. The van der Waals surface area contributed by atoms with E-state index in [-0.39, 0.29) is 0 Å². The Morgan fingerprint density at radius 2 is 1.93 bits per heavy atom. The minimum absolute atomic E-state index is 0.816. The Kier molecular flexibility index (Phi) is 4.04. The van der Waals surface area contributed by atoms with Crippen LogP contribution in [-0.4, -0.2) is 37.6 Å². The van der Waals surface area contributed by atoms with Crippen molar-refractivity contribution in [1.29, 1.82) is 0 Å². The smallest absolute Gasteiger partial charge is 0.0246 e. The molecule has 2 nitrogen and oxygen atoms in total. The number of likely N-dealkylation sites (N-methyl/N-ethyl adjacent to an activating group) is 1. The maximum Gasteiger partial charge on any atom is 0.0246 e. The summed E-state index contributed by atoms with van der Waals surface area (Å²) < 4.78 is 0. The van der Waals surface area contributed by atoms with Crippen LogP contribution in [0.25, 0.3) is 0 Å². The van der Waals surface area contributed by atoms with Crippen LogP contribution in [-0.2, 0) is 0 Å². The van der Waals surface area contributed by atoms with E-state index in [9.17, 15) is 0 Å². The molecule has 1 heterocycles. The minimum Gasteiger partial charge on any atom is -0.314 e. The average molecular weight is 210 g/mol. The number of hydrogen-bond donors (Lipinski definition) is 1. The molecule has 0 radical (unpaired) electrons. The molecule has 2 aliphatic rings. The third kappa shape index (κ3) is 2.73. The third-order valence-corrected chi connectivity index (χ3v) is 4.57. The van der Waals surface area contributed by atoms with Gasteiger partial charge in [0.05, 0.1) is 0 Å². The van der Waals surface area contributed by atoms with Gasteiger partial charge in [0.25, 0.3) is 0 Å². The van der Waals surface area contributed by atoms with E-state index in [1.54, 1.807) is 0 Å². The minimum atomic E-state index is 0.816. The van der Waals surface area contributed by atoms with Crippen LogP contribution < -0.4 is 5.32 Å². The number of piperazine rings is 1. The second kappa shape index (κ2) is 5.31. The molecule has 2 heteroatoms. The van der Waals surface area contributed by atoms with Crippen molar-refractivity contribution in [3.63, 3.8) is 0 Å². The summed E-state index contributed by atoms with van der Waals surface area (Å²) in [6.07, 6.45) is 7.28. The maximum absolute atomic E-state index is 3.55. The molecule has 0 aromatic heterocycles. The molecule has 0 aromatic carbocycles. The van der Waals surface area contributed by atoms with Crippen LogP contribution in [0, 0.1) is 11.8 Å². The van der Waals surface area contributed by atoms with Crippen molar-refractivity contribution in [1.82, 2.24) is 10.2 Å². The number of hydrogen-bond acceptors (Lipinski definition) is 2. The van der Waals surface area contributed by atoms with Gasteiger partial charge >= 0.3 is 0 Å². The average Bonchev–Trinajstić information content (AvgIpc) is 2.30. The third-order valence-electron chi connectivity index (χ3n) is 4.57. The first-order chi connectivity index (χ1) is 7.31. The first-order valence-corrected chi connectivity index (χ1v) is 6.72. The van der Waals surface area contributed by atoms with Gasteiger partial charge in [0, 0.05) is 25.7 Å². The highest BCUT2D eigenvalue weighted by Crippen LogP contribution is 2.33. The lowest BCUT2D eigenvalue weighted by molar-refractivity contribution is 0.105. The first kappa shape index (κ1) is 11.4. The summed E-state index contributed by atoms with van der Waals surface area (Å²) in [5.41, 5.74) is 0. The van der Waals surface area contributed by atoms with Crippen molar-refractivity contribution in [3.8, 4) is 0 Å². The largest absolute Gasteiger partial charge is 0.314 e. The molecule has 88 valence electrons. The SMILES string of the molecule is CCC1CCC(C2CNCCN2C)CC1. The summed E-state index contributed by atoms with van der Waals surface area (Å²) >= 11 is 0. The zero-order valence-corrected chi connectivity index (χ0v) is 10.3. The lowest BCUT2D eigenvalue weighted by Gasteiger charge is -2.41. The summed E-state index contributed by atoms with van der Waals surface area (Å²) in [7, 11) is 2.30. The highest BCUT2D eigenvalue weighted by molar-refractivity contribution is 4.86. The lowest BCUT2D eigenvalue weighted by Crippen LogP contribution is -2.53. The molecular formula is C13H26N2. The molecule has 0 spiro atoms. The monoisotopic (exact) mass is 210 g/mol. The molecule has 1 N–H and O–H groups in total. The molecule has 1 atom stereocenters. The fourth-order valence-corrected chi connectivity index (χ4v) is 3.33. The lowest BCUT2D eigenvalue weighted by atomic mass is 9.77. The quantitative estimate of drug-likeness (QED) is 0.751. The van der Waals surface area contributed by atoms with Crippen LogP contribution in [0.3, 0.4) is 0 Å². The molecule has 2 rings (SSSR count). The van der Waals surface area contributed by atoms with Crippen molar-refractivity contribution < 1.29 is 0 Å². The molecule has 1 saturated carbocycles. The zero-order valence-electron chi connectivity index (χ0n) is 10.3. The Labute approximate surface area is 94.4 Å². The second-order valence-corrected chi connectivity index (χ2v) is 5.44. The fraction of sp³-hybridized carbons (Fsp3) is 1.00. The van der Waals surface area contributed by atoms with Crippen LogP contribution >= 0.6 is 0 Å². The van der Waals surface area contributed by atoms with Gasteiger partial charge in [0.15, 0.2) is 0 Å². The molecule has 0 aromatic rings. The van der Waals surface area contributed by atoms with Gasteiger partial charge in [-0.25, -0.2) is 0 Å². The normalized spacial score (nSPS) is 39.2. The number of nitrogens with one attached hydrogen (secondary N) is 1. The maximum atomic E-state index is 3.55. The van der Waals surface area contributed by atoms with E-state index in [0.29, 0.717) is 0 Å². The van der Waals surface area contributed by atoms with Gasteiger partial charge in [-0.05, 0) is 31.7 Å². The number of rotatable bonds is 2. The van der Waals surface area contributed by atoms with Gasteiger partial charge < -0.3 is 10.2 Å². The Hall–Kier alpha value is -0.0800. The van der Waals surface area contributed by atoms with E-state index in [0.717, 1.165) is 17.9 Å². The van der Waals surface area contributed by atoms with Gasteiger partial charge in [-0.3, -0.25) is 0 Å². The van der Waals surface area contributed by atoms with Gasteiger partial charge in [-0.1, -0.05) is 26.2 Å². The van der Waals surface area contributed by atoms with Crippen molar-refractivity contribution >= 4 is 0 Å². The molecule has 15 heavy (non-hydrogen) atoms. The van der Waals surface area contributed by atoms with E-state index < -0.39 is 0 Å². The Morgan fingerprint density at radius 1 is 1.20 bits per heavy atom. The van der Waals surface area contributed by atoms with Crippen LogP contribution in [0.15, 0.2) is 0 Å². The fourth-order valence-electron chi connectivity index (χ4n) is 3.33.